The van der Waals surface area contributed by atoms with Crippen LogP contribution in [0.25, 0.3) is 0 Å². The van der Waals surface area contributed by atoms with Crippen molar-refractivity contribution in [3.8, 4) is 0 Å². The van der Waals surface area contributed by atoms with E-state index >= 15 is 0 Å². The minimum absolute atomic E-state index is 0.881. The fourth-order valence-electron chi connectivity index (χ4n) is 1.61. The van der Waals surface area contributed by atoms with Crippen molar-refractivity contribution in [2.45, 2.75) is 36.2 Å². The Bertz CT molecular complexity index is 139. The highest BCUT2D eigenvalue weighted by atomic mass is 32.2. The number of rotatable bonds is 0. The Hall–Kier alpha value is 0.790. The van der Waals surface area contributed by atoms with Crippen molar-refractivity contribution in [2.24, 2.45) is 0 Å². The highest BCUT2D eigenvalue weighted by Crippen LogP contribution is 2.46. The van der Waals surface area contributed by atoms with Gasteiger partial charge >= 0.3 is 0 Å². The van der Waals surface area contributed by atoms with E-state index in [9.17, 15) is 0 Å². The fourth-order valence-corrected chi connectivity index (χ4v) is 5.29. The highest BCUT2D eigenvalue weighted by molar-refractivity contribution is 8.49. The van der Waals surface area contributed by atoms with Crippen LogP contribution in [0.3, 0.4) is 0 Å². The molecule has 3 heteroatoms. The molecule has 1 aliphatic carbocycles. The Kier molecular flexibility index (Phi) is 2.26. The highest BCUT2D eigenvalue weighted by Gasteiger charge is 2.33. The topological polar surface area (TPSA) is 0 Å². The molecule has 0 bridgehead atoms. The van der Waals surface area contributed by atoms with Gasteiger partial charge in [-0.3, -0.25) is 0 Å². The van der Waals surface area contributed by atoms with Gasteiger partial charge in [0.2, 0.25) is 0 Å². The first-order valence-corrected chi connectivity index (χ1v) is 5.90. The van der Waals surface area contributed by atoms with Crippen LogP contribution in [-0.2, 0) is 0 Å². The predicted molar refractivity (Wildman–Crippen MR) is 53.8 cm³/mol. The molecule has 1 aliphatic heterocycles. The van der Waals surface area contributed by atoms with Gasteiger partial charge in [-0.05, 0) is 12.8 Å². The molecule has 0 unspecified atom stereocenters. The number of thiocarbonyl (C=S) groups is 1. The molecular weight excluding hydrogens is 180 g/mol. The van der Waals surface area contributed by atoms with Crippen molar-refractivity contribution >= 4 is 39.3 Å². The van der Waals surface area contributed by atoms with Crippen molar-refractivity contribution in [1.29, 1.82) is 0 Å². The first-order chi connectivity index (χ1) is 4.86. The molecule has 1 heterocycles. The standard InChI is InChI=1S/C7H10S3/c8-7-9-5-3-1-2-4-6(5)10-7/h5-6H,1-4H2/t5-,6+. The summed E-state index contributed by atoms with van der Waals surface area (Å²) in [5, 5.41) is 1.76. The number of thioether (sulfide) groups is 2. The summed E-state index contributed by atoms with van der Waals surface area (Å²) in [6, 6.07) is 0. The van der Waals surface area contributed by atoms with E-state index in [2.05, 4.69) is 0 Å². The van der Waals surface area contributed by atoms with Crippen LogP contribution in [0.5, 0.6) is 0 Å². The summed E-state index contributed by atoms with van der Waals surface area (Å²) in [5.74, 6) is 0. The molecular formula is C7H10S3. The molecule has 2 fully saturated rings. The molecule has 0 nitrogen and oxygen atoms in total. The van der Waals surface area contributed by atoms with Crippen LogP contribution >= 0.6 is 35.7 Å². The van der Waals surface area contributed by atoms with E-state index in [1.807, 2.05) is 23.5 Å². The first kappa shape index (κ1) is 7.44. The number of hydrogen-bond donors (Lipinski definition) is 0. The van der Waals surface area contributed by atoms with Gasteiger partial charge in [0.05, 0.1) is 0 Å². The average Bonchev–Trinajstić information content (AvgIpc) is 2.27. The van der Waals surface area contributed by atoms with Crippen molar-refractivity contribution in [3.63, 3.8) is 0 Å². The van der Waals surface area contributed by atoms with E-state index < -0.39 is 0 Å². The van der Waals surface area contributed by atoms with Gasteiger partial charge in [-0.1, -0.05) is 25.1 Å². The molecule has 0 amide bonds. The summed E-state index contributed by atoms with van der Waals surface area (Å²) in [6.45, 7) is 0. The van der Waals surface area contributed by atoms with E-state index in [4.69, 9.17) is 12.2 Å². The Morgan fingerprint density at radius 2 is 1.60 bits per heavy atom. The van der Waals surface area contributed by atoms with Gasteiger partial charge in [-0.25, -0.2) is 0 Å². The number of fused-ring (bicyclic) bond motifs is 1. The third-order valence-electron chi connectivity index (χ3n) is 2.14. The zero-order valence-electron chi connectivity index (χ0n) is 5.71. The minimum atomic E-state index is 0.881. The molecule has 0 aromatic rings. The molecule has 2 rings (SSSR count). The van der Waals surface area contributed by atoms with Crippen molar-refractivity contribution < 1.29 is 0 Å². The molecule has 10 heavy (non-hydrogen) atoms. The Morgan fingerprint density at radius 1 is 1.10 bits per heavy atom. The second-order valence-electron chi connectivity index (χ2n) is 2.85. The molecule has 2 aliphatic rings. The van der Waals surface area contributed by atoms with Crippen molar-refractivity contribution in [3.05, 3.63) is 0 Å². The lowest BCUT2D eigenvalue weighted by Crippen LogP contribution is -2.19. The molecule has 2 atom stereocenters. The van der Waals surface area contributed by atoms with Gasteiger partial charge < -0.3 is 0 Å². The molecule has 0 radical (unpaired) electrons. The zero-order valence-corrected chi connectivity index (χ0v) is 8.16. The normalized spacial score (nSPS) is 39.8. The predicted octanol–water partition coefficient (Wildman–Crippen LogP) is 3.06. The lowest BCUT2D eigenvalue weighted by Gasteiger charge is -2.21. The van der Waals surface area contributed by atoms with Crippen LogP contribution in [0.15, 0.2) is 0 Å². The number of hydrogen-bond acceptors (Lipinski definition) is 3. The van der Waals surface area contributed by atoms with Crippen LogP contribution in [0.1, 0.15) is 25.7 Å². The quantitative estimate of drug-likeness (QED) is 0.539. The smallest absolute Gasteiger partial charge is 0.103 e. The lowest BCUT2D eigenvalue weighted by molar-refractivity contribution is 0.532. The molecule has 0 aromatic carbocycles. The molecule has 1 saturated carbocycles. The Morgan fingerprint density at radius 3 is 2.10 bits per heavy atom. The van der Waals surface area contributed by atoms with E-state index in [1.54, 1.807) is 0 Å². The summed E-state index contributed by atoms with van der Waals surface area (Å²) < 4.78 is 1.19. The van der Waals surface area contributed by atoms with E-state index in [1.165, 1.54) is 29.2 Å². The third-order valence-corrected chi connectivity index (χ3v) is 5.58. The lowest BCUT2D eigenvalue weighted by atomic mass is 10.00. The molecule has 1 saturated heterocycles. The second-order valence-corrected chi connectivity index (χ2v) is 6.53. The van der Waals surface area contributed by atoms with E-state index in [0.717, 1.165) is 10.5 Å². The van der Waals surface area contributed by atoms with Crippen LogP contribution in [-0.4, -0.2) is 14.0 Å². The van der Waals surface area contributed by atoms with Gasteiger partial charge in [0.25, 0.3) is 0 Å². The summed E-state index contributed by atoms with van der Waals surface area (Å²) in [5.41, 5.74) is 0. The molecule has 0 aromatic heterocycles. The summed E-state index contributed by atoms with van der Waals surface area (Å²) in [6.07, 6.45) is 5.67. The summed E-state index contributed by atoms with van der Waals surface area (Å²) in [4.78, 5) is 0. The van der Waals surface area contributed by atoms with Gasteiger partial charge in [0.15, 0.2) is 0 Å². The average molecular weight is 190 g/mol. The molecule has 0 N–H and O–H groups in total. The van der Waals surface area contributed by atoms with Gasteiger partial charge in [-0.15, -0.1) is 23.5 Å². The van der Waals surface area contributed by atoms with Crippen LogP contribution in [0, 0.1) is 0 Å². The van der Waals surface area contributed by atoms with Crippen molar-refractivity contribution in [2.75, 3.05) is 0 Å². The monoisotopic (exact) mass is 190 g/mol. The van der Waals surface area contributed by atoms with Crippen molar-refractivity contribution in [1.82, 2.24) is 0 Å². The fraction of sp³-hybridized carbons (Fsp3) is 0.857. The second kappa shape index (κ2) is 3.03. The van der Waals surface area contributed by atoms with Gasteiger partial charge in [0, 0.05) is 10.5 Å². The summed E-state index contributed by atoms with van der Waals surface area (Å²) in [7, 11) is 0. The largest absolute Gasteiger partial charge is 0.104 e. The molecule has 0 spiro atoms. The zero-order chi connectivity index (χ0) is 6.97. The van der Waals surface area contributed by atoms with Gasteiger partial charge in [-0.2, -0.15) is 0 Å². The Labute approximate surface area is 75.5 Å². The van der Waals surface area contributed by atoms with E-state index in [-0.39, 0.29) is 0 Å². The maximum absolute atomic E-state index is 5.16. The first-order valence-electron chi connectivity index (χ1n) is 3.73. The maximum atomic E-state index is 5.16. The third kappa shape index (κ3) is 1.36. The van der Waals surface area contributed by atoms with E-state index in [0.29, 0.717) is 0 Å². The maximum Gasteiger partial charge on any atom is 0.104 e. The van der Waals surface area contributed by atoms with Gasteiger partial charge in [0.1, 0.15) is 3.53 Å². The van der Waals surface area contributed by atoms with Crippen LogP contribution in [0.4, 0.5) is 0 Å². The minimum Gasteiger partial charge on any atom is -0.103 e. The summed E-state index contributed by atoms with van der Waals surface area (Å²) >= 11 is 9.05. The Balaban J connectivity index is 2.04. The van der Waals surface area contributed by atoms with Crippen LogP contribution in [0.2, 0.25) is 0 Å². The SMILES string of the molecule is S=C1S[C@H]2CCCC[C@H]2S1. The molecule has 56 valence electrons. The van der Waals surface area contributed by atoms with Crippen LogP contribution < -0.4 is 0 Å².